The van der Waals surface area contributed by atoms with Crippen LogP contribution in [-0.2, 0) is 7.05 Å². The zero-order valence-electron chi connectivity index (χ0n) is 9.67. The Labute approximate surface area is 107 Å². The minimum Gasteiger partial charge on any atom is -0.492 e. The Bertz CT molecular complexity index is 613. The van der Waals surface area contributed by atoms with Gasteiger partial charge in [-0.1, -0.05) is 11.6 Å². The summed E-state index contributed by atoms with van der Waals surface area (Å²) in [5.41, 5.74) is 5.94. The number of hydrogen-bond donors (Lipinski definition) is 1. The fraction of sp³-hybridized carbons (Fsp3) is 0.182. The molecule has 0 unspecified atom stereocenters. The Kier molecular flexibility index (Phi) is 3.13. The fourth-order valence-corrected chi connectivity index (χ4v) is 1.89. The Hall–Kier alpha value is -1.82. The summed E-state index contributed by atoms with van der Waals surface area (Å²) < 4.78 is 33.6. The van der Waals surface area contributed by atoms with E-state index < -0.39 is 11.6 Å². The van der Waals surface area contributed by atoms with E-state index in [1.54, 1.807) is 7.05 Å². The highest BCUT2D eigenvalue weighted by Gasteiger charge is 2.21. The van der Waals surface area contributed by atoms with Gasteiger partial charge in [-0.15, -0.1) is 0 Å². The smallest absolute Gasteiger partial charge is 0.202 e. The average molecular weight is 274 g/mol. The summed E-state index contributed by atoms with van der Waals surface area (Å²) in [6, 6.07) is 1.26. The van der Waals surface area contributed by atoms with Gasteiger partial charge in [-0.3, -0.25) is 4.68 Å². The standard InChI is InChI=1S/C11H10ClF2N3O/c1-17-11(15)6(4-16-17)5-3-7(12)10(18-2)9(14)8(5)13/h3-4H,15H2,1-2H3. The molecule has 96 valence electrons. The minimum atomic E-state index is -1.15. The number of aryl methyl sites for hydroxylation is 1. The first-order chi connectivity index (χ1) is 8.47. The third-order valence-corrected chi connectivity index (χ3v) is 2.88. The van der Waals surface area contributed by atoms with Gasteiger partial charge in [0.2, 0.25) is 5.82 Å². The van der Waals surface area contributed by atoms with Crippen LogP contribution in [0.3, 0.4) is 0 Å². The molecule has 0 amide bonds. The number of methoxy groups -OCH3 is 1. The monoisotopic (exact) mass is 273 g/mol. The third kappa shape index (κ3) is 1.78. The van der Waals surface area contributed by atoms with E-state index in [1.165, 1.54) is 24.1 Å². The molecule has 0 atom stereocenters. The highest BCUT2D eigenvalue weighted by Crippen LogP contribution is 2.37. The average Bonchev–Trinajstić information content (AvgIpc) is 2.66. The number of anilines is 1. The maximum Gasteiger partial charge on any atom is 0.202 e. The molecule has 1 aromatic heterocycles. The maximum absolute atomic E-state index is 13.9. The molecule has 0 fully saturated rings. The molecule has 18 heavy (non-hydrogen) atoms. The van der Waals surface area contributed by atoms with Crippen LogP contribution < -0.4 is 10.5 Å². The van der Waals surface area contributed by atoms with Crippen molar-refractivity contribution in [3.8, 4) is 16.9 Å². The summed E-state index contributed by atoms with van der Waals surface area (Å²) in [5, 5.41) is 3.83. The summed E-state index contributed by atoms with van der Waals surface area (Å²) in [6.07, 6.45) is 1.34. The highest BCUT2D eigenvalue weighted by atomic mass is 35.5. The van der Waals surface area contributed by atoms with Crippen LogP contribution in [0.15, 0.2) is 12.3 Å². The fourth-order valence-electron chi connectivity index (χ4n) is 1.62. The van der Waals surface area contributed by atoms with Gasteiger partial charge in [0, 0.05) is 18.2 Å². The summed E-state index contributed by atoms with van der Waals surface area (Å²) in [7, 11) is 2.81. The summed E-state index contributed by atoms with van der Waals surface area (Å²) >= 11 is 5.82. The second kappa shape index (κ2) is 4.45. The van der Waals surface area contributed by atoms with Crippen LogP contribution in [-0.4, -0.2) is 16.9 Å². The molecule has 0 saturated heterocycles. The normalized spacial score (nSPS) is 10.7. The Morgan fingerprint density at radius 2 is 2.00 bits per heavy atom. The van der Waals surface area contributed by atoms with E-state index in [1.807, 2.05) is 0 Å². The van der Waals surface area contributed by atoms with Crippen molar-refractivity contribution in [1.29, 1.82) is 0 Å². The molecule has 0 aliphatic carbocycles. The van der Waals surface area contributed by atoms with Crippen LogP contribution in [0.25, 0.3) is 11.1 Å². The van der Waals surface area contributed by atoms with Gasteiger partial charge in [-0.05, 0) is 6.07 Å². The van der Waals surface area contributed by atoms with Gasteiger partial charge >= 0.3 is 0 Å². The van der Waals surface area contributed by atoms with Crippen LogP contribution in [0.5, 0.6) is 5.75 Å². The molecule has 0 bridgehead atoms. The lowest BCUT2D eigenvalue weighted by Gasteiger charge is -2.09. The second-order valence-corrected chi connectivity index (χ2v) is 4.04. The third-order valence-electron chi connectivity index (χ3n) is 2.60. The number of halogens is 3. The van der Waals surface area contributed by atoms with E-state index >= 15 is 0 Å². The predicted octanol–water partition coefficient (Wildman–Crippen LogP) is 2.61. The van der Waals surface area contributed by atoms with E-state index in [9.17, 15) is 8.78 Å². The van der Waals surface area contributed by atoms with Gasteiger partial charge in [0.25, 0.3) is 0 Å². The zero-order chi connectivity index (χ0) is 13.4. The molecule has 0 aliphatic heterocycles. The second-order valence-electron chi connectivity index (χ2n) is 3.63. The molecule has 0 saturated carbocycles. The number of aromatic nitrogens is 2. The molecule has 2 rings (SSSR count). The molecule has 0 spiro atoms. The van der Waals surface area contributed by atoms with E-state index in [-0.39, 0.29) is 27.7 Å². The molecule has 1 aromatic carbocycles. The highest BCUT2D eigenvalue weighted by molar-refractivity contribution is 6.32. The molecule has 1 heterocycles. The first-order valence-electron chi connectivity index (χ1n) is 4.96. The van der Waals surface area contributed by atoms with Crippen molar-refractivity contribution in [2.75, 3.05) is 12.8 Å². The molecule has 0 aliphatic rings. The number of nitrogens with zero attached hydrogens (tertiary/aromatic N) is 2. The lowest BCUT2D eigenvalue weighted by Crippen LogP contribution is -2.00. The van der Waals surface area contributed by atoms with E-state index in [4.69, 9.17) is 17.3 Å². The number of benzene rings is 1. The van der Waals surface area contributed by atoms with Crippen LogP contribution in [0, 0.1) is 11.6 Å². The van der Waals surface area contributed by atoms with Gasteiger partial charge in [-0.2, -0.15) is 9.49 Å². The quantitative estimate of drug-likeness (QED) is 0.856. The molecule has 2 aromatic rings. The number of rotatable bonds is 2. The van der Waals surface area contributed by atoms with Crippen LogP contribution >= 0.6 is 11.6 Å². The van der Waals surface area contributed by atoms with Crippen LogP contribution in [0.4, 0.5) is 14.6 Å². The minimum absolute atomic E-state index is 0.0327. The van der Waals surface area contributed by atoms with Gasteiger partial charge in [0.15, 0.2) is 11.6 Å². The lowest BCUT2D eigenvalue weighted by atomic mass is 10.1. The van der Waals surface area contributed by atoms with E-state index in [2.05, 4.69) is 9.84 Å². The molecule has 2 N–H and O–H groups in total. The van der Waals surface area contributed by atoms with Gasteiger partial charge in [0.05, 0.1) is 18.3 Å². The largest absolute Gasteiger partial charge is 0.492 e. The van der Waals surface area contributed by atoms with Gasteiger partial charge < -0.3 is 10.5 Å². The van der Waals surface area contributed by atoms with Crippen molar-refractivity contribution < 1.29 is 13.5 Å². The van der Waals surface area contributed by atoms with Crippen molar-refractivity contribution in [1.82, 2.24) is 9.78 Å². The van der Waals surface area contributed by atoms with Gasteiger partial charge in [0.1, 0.15) is 5.82 Å². The Morgan fingerprint density at radius 3 is 2.50 bits per heavy atom. The van der Waals surface area contributed by atoms with Crippen molar-refractivity contribution in [2.24, 2.45) is 7.05 Å². The maximum atomic E-state index is 13.9. The Balaban J connectivity index is 2.70. The van der Waals surface area contributed by atoms with Crippen molar-refractivity contribution in [2.45, 2.75) is 0 Å². The van der Waals surface area contributed by atoms with Gasteiger partial charge in [-0.25, -0.2) is 4.39 Å². The predicted molar refractivity (Wildman–Crippen MR) is 64.5 cm³/mol. The number of ether oxygens (including phenoxy) is 1. The summed E-state index contributed by atoms with van der Waals surface area (Å²) in [5.74, 6) is -2.34. The molecular formula is C11H10ClF2N3O. The topological polar surface area (TPSA) is 53.1 Å². The van der Waals surface area contributed by atoms with E-state index in [0.717, 1.165) is 0 Å². The first-order valence-corrected chi connectivity index (χ1v) is 5.34. The van der Waals surface area contributed by atoms with Crippen molar-refractivity contribution >= 4 is 17.4 Å². The molecule has 7 heteroatoms. The van der Waals surface area contributed by atoms with Crippen LogP contribution in [0.2, 0.25) is 5.02 Å². The summed E-state index contributed by atoms with van der Waals surface area (Å²) in [4.78, 5) is 0. The van der Waals surface area contributed by atoms with E-state index in [0.29, 0.717) is 0 Å². The molecule has 4 nitrogen and oxygen atoms in total. The lowest BCUT2D eigenvalue weighted by molar-refractivity contribution is 0.372. The van der Waals surface area contributed by atoms with Crippen LogP contribution in [0.1, 0.15) is 0 Å². The summed E-state index contributed by atoms with van der Waals surface area (Å²) in [6.45, 7) is 0. The molecule has 0 radical (unpaired) electrons. The SMILES string of the molecule is COc1c(Cl)cc(-c2cnn(C)c2N)c(F)c1F. The first kappa shape index (κ1) is 12.6. The number of hydrogen-bond acceptors (Lipinski definition) is 3. The zero-order valence-corrected chi connectivity index (χ0v) is 10.4. The molecular weight excluding hydrogens is 264 g/mol. The number of nitrogens with two attached hydrogens (primary N) is 1. The number of nitrogen functional groups attached to an aromatic ring is 1. The van der Waals surface area contributed by atoms with Crippen molar-refractivity contribution in [3.63, 3.8) is 0 Å². The van der Waals surface area contributed by atoms with Crippen molar-refractivity contribution in [3.05, 3.63) is 28.9 Å². The Morgan fingerprint density at radius 1 is 1.33 bits per heavy atom.